The van der Waals surface area contributed by atoms with Crippen LogP contribution >= 0.6 is 0 Å². The van der Waals surface area contributed by atoms with E-state index in [1.807, 2.05) is 16.8 Å². The molecule has 0 bridgehead atoms. The summed E-state index contributed by atoms with van der Waals surface area (Å²) in [6.45, 7) is 8.96. The number of H-pyrrole nitrogens is 1. The standard InChI is InChI=1S/C39H54N12O8/c40-36-34-35(32-24-28-23-30(52)3-4-31(28)48-32)49-51(37(34)47-27-46-36)10-2-1-6-42-33(53)5-13-55-15-17-57-19-21-59-22-20-58-18-16-56-14-9-43-38(54)29-25-44-39(45-26-29)50-11-7-41-8-12-50/h3-4,23-27,41,48,52H,1-2,5-22H2,(H,42,53)(H,43,54)(H2,40,46,47). The van der Waals surface area contributed by atoms with E-state index in [0.717, 1.165) is 55.6 Å². The number of unbranched alkanes of at least 4 members (excludes halogenated alkanes) is 1. The van der Waals surface area contributed by atoms with Gasteiger partial charge < -0.3 is 60.4 Å². The molecule has 4 aromatic heterocycles. The van der Waals surface area contributed by atoms with Crippen LogP contribution in [-0.2, 0) is 35.0 Å². The van der Waals surface area contributed by atoms with Crippen molar-refractivity contribution in [1.82, 2.24) is 50.7 Å². The summed E-state index contributed by atoms with van der Waals surface area (Å²) in [5, 5.41) is 25.2. The Labute approximate surface area is 341 Å². The van der Waals surface area contributed by atoms with Crippen molar-refractivity contribution in [2.75, 3.05) is 116 Å². The number of carbonyl (C=O) groups is 2. The Kier molecular flexibility index (Phi) is 16.9. The number of ether oxygens (including phenoxy) is 5. The van der Waals surface area contributed by atoms with Gasteiger partial charge in [0.2, 0.25) is 11.9 Å². The first kappa shape index (κ1) is 43.1. The van der Waals surface area contributed by atoms with Gasteiger partial charge in [0.25, 0.3) is 5.91 Å². The van der Waals surface area contributed by atoms with Crippen LogP contribution in [0.4, 0.5) is 11.8 Å². The molecule has 1 aliphatic heterocycles. The number of nitrogens with one attached hydrogen (secondary N) is 4. The molecule has 318 valence electrons. The zero-order chi connectivity index (χ0) is 41.1. The number of benzene rings is 1. The van der Waals surface area contributed by atoms with Crippen molar-refractivity contribution in [3.8, 4) is 17.1 Å². The summed E-state index contributed by atoms with van der Waals surface area (Å²) < 4.78 is 29.4. The van der Waals surface area contributed by atoms with Gasteiger partial charge in [-0.05, 0) is 37.1 Å². The fraction of sp³-hybridized carbons (Fsp3) is 0.513. The van der Waals surface area contributed by atoms with E-state index in [0.29, 0.717) is 120 Å². The normalized spacial score (nSPS) is 13.1. The Balaban J connectivity index is 0.705. The van der Waals surface area contributed by atoms with Crippen molar-refractivity contribution >= 4 is 45.5 Å². The molecular weight excluding hydrogens is 765 g/mol. The maximum Gasteiger partial charge on any atom is 0.254 e. The molecule has 7 N–H and O–H groups in total. The third kappa shape index (κ3) is 13.3. The van der Waals surface area contributed by atoms with Crippen LogP contribution in [-0.4, -0.2) is 157 Å². The largest absolute Gasteiger partial charge is 0.508 e. The number of nitrogens with zero attached hydrogens (tertiary/aromatic N) is 7. The van der Waals surface area contributed by atoms with E-state index in [-0.39, 0.29) is 24.0 Å². The number of anilines is 2. The van der Waals surface area contributed by atoms with Crippen LogP contribution in [0.5, 0.6) is 5.75 Å². The Bertz CT molecular complexity index is 2060. The molecular formula is C39H54N12O8. The smallest absolute Gasteiger partial charge is 0.254 e. The van der Waals surface area contributed by atoms with Crippen LogP contribution in [0.25, 0.3) is 33.3 Å². The molecule has 2 amide bonds. The highest BCUT2D eigenvalue weighted by Crippen LogP contribution is 2.32. The number of aromatic amines is 1. The highest BCUT2D eigenvalue weighted by molar-refractivity contribution is 6.00. The Morgan fingerprint density at radius 3 is 2.19 bits per heavy atom. The molecule has 1 saturated heterocycles. The second-order valence-corrected chi connectivity index (χ2v) is 13.6. The number of rotatable bonds is 26. The maximum absolute atomic E-state index is 12.3. The topological polar surface area (TPSA) is 251 Å². The zero-order valence-corrected chi connectivity index (χ0v) is 33.2. The molecule has 20 nitrogen and oxygen atoms in total. The minimum atomic E-state index is -0.238. The Morgan fingerprint density at radius 1 is 0.797 bits per heavy atom. The monoisotopic (exact) mass is 818 g/mol. The summed E-state index contributed by atoms with van der Waals surface area (Å²) in [7, 11) is 0. The predicted molar refractivity (Wildman–Crippen MR) is 219 cm³/mol. The van der Waals surface area contributed by atoms with Gasteiger partial charge in [0, 0.05) is 75.5 Å². The SMILES string of the molecule is Nc1ncnc2c1c(-c1cc3cc(O)ccc3[nH]1)nn2CCCCNC(=O)CCOCCOCCOCCOCCOCCNC(=O)c1cnc(N2CCNCC2)nc1. The lowest BCUT2D eigenvalue weighted by Crippen LogP contribution is -2.44. The lowest BCUT2D eigenvalue weighted by molar-refractivity contribution is -0.122. The van der Waals surface area contributed by atoms with Crippen molar-refractivity contribution in [1.29, 1.82) is 0 Å². The van der Waals surface area contributed by atoms with E-state index in [9.17, 15) is 14.7 Å². The summed E-state index contributed by atoms with van der Waals surface area (Å²) in [5.41, 5.74) is 9.54. The quantitative estimate of drug-likeness (QED) is 0.0430. The highest BCUT2D eigenvalue weighted by Gasteiger charge is 2.19. The molecule has 6 rings (SSSR count). The van der Waals surface area contributed by atoms with E-state index in [1.54, 1.807) is 24.5 Å². The van der Waals surface area contributed by atoms with Gasteiger partial charge in [-0.2, -0.15) is 5.10 Å². The van der Waals surface area contributed by atoms with Gasteiger partial charge in [0.05, 0.1) is 82.7 Å². The number of nitrogen functional groups attached to an aromatic ring is 1. The van der Waals surface area contributed by atoms with E-state index < -0.39 is 0 Å². The molecule has 1 fully saturated rings. The number of amides is 2. The molecule has 0 spiro atoms. The molecule has 1 aromatic carbocycles. The minimum absolute atomic E-state index is 0.0755. The molecule has 0 radical (unpaired) electrons. The van der Waals surface area contributed by atoms with Gasteiger partial charge in [0.15, 0.2) is 5.65 Å². The van der Waals surface area contributed by atoms with Crippen LogP contribution in [0, 0.1) is 0 Å². The molecule has 0 atom stereocenters. The first-order valence-electron chi connectivity index (χ1n) is 20.0. The molecule has 5 heterocycles. The van der Waals surface area contributed by atoms with Gasteiger partial charge in [-0.3, -0.25) is 9.59 Å². The number of phenols is 1. The number of aromatic hydroxyl groups is 1. The average Bonchev–Trinajstić information content (AvgIpc) is 3.85. The van der Waals surface area contributed by atoms with Gasteiger partial charge in [-0.1, -0.05) is 0 Å². The van der Waals surface area contributed by atoms with Crippen LogP contribution in [0.2, 0.25) is 0 Å². The molecule has 0 unspecified atom stereocenters. The van der Waals surface area contributed by atoms with Gasteiger partial charge >= 0.3 is 0 Å². The summed E-state index contributed by atoms with van der Waals surface area (Å²) in [6, 6.07) is 7.03. The average molecular weight is 819 g/mol. The van der Waals surface area contributed by atoms with E-state index in [4.69, 9.17) is 34.5 Å². The fourth-order valence-corrected chi connectivity index (χ4v) is 6.28. The minimum Gasteiger partial charge on any atom is -0.508 e. The van der Waals surface area contributed by atoms with Crippen molar-refractivity contribution in [2.24, 2.45) is 0 Å². The number of fused-ring (bicyclic) bond motifs is 2. The van der Waals surface area contributed by atoms with Gasteiger partial charge in [-0.15, -0.1) is 0 Å². The third-order valence-electron chi connectivity index (χ3n) is 9.33. The molecule has 0 aliphatic carbocycles. The molecule has 20 heteroatoms. The van der Waals surface area contributed by atoms with E-state index >= 15 is 0 Å². The van der Waals surface area contributed by atoms with Crippen molar-refractivity contribution in [3.05, 3.63) is 48.5 Å². The van der Waals surface area contributed by atoms with Crippen LogP contribution < -0.4 is 26.6 Å². The number of nitrogens with two attached hydrogens (primary N) is 1. The van der Waals surface area contributed by atoms with E-state index in [1.165, 1.54) is 6.33 Å². The molecule has 1 aliphatic rings. The fourth-order valence-electron chi connectivity index (χ4n) is 6.28. The molecule has 59 heavy (non-hydrogen) atoms. The second kappa shape index (κ2) is 23.2. The number of phenolic OH excluding ortho intramolecular Hbond substituents is 1. The number of hydrogen-bond acceptors (Lipinski definition) is 16. The summed E-state index contributed by atoms with van der Waals surface area (Å²) in [4.78, 5) is 47.3. The summed E-state index contributed by atoms with van der Waals surface area (Å²) in [5.74, 6) is 0.841. The van der Waals surface area contributed by atoms with Crippen molar-refractivity contribution in [2.45, 2.75) is 25.8 Å². The predicted octanol–water partition coefficient (Wildman–Crippen LogP) is 1.26. The Hall–Kier alpha value is -5.51. The number of aryl methyl sites for hydroxylation is 1. The Morgan fingerprint density at radius 2 is 1.47 bits per heavy atom. The molecule has 5 aromatic rings. The number of aromatic nitrogens is 7. The second-order valence-electron chi connectivity index (χ2n) is 13.6. The summed E-state index contributed by atoms with van der Waals surface area (Å²) >= 11 is 0. The van der Waals surface area contributed by atoms with Crippen molar-refractivity contribution < 1.29 is 38.4 Å². The van der Waals surface area contributed by atoms with E-state index in [2.05, 4.69) is 45.8 Å². The van der Waals surface area contributed by atoms with Gasteiger partial charge in [0.1, 0.15) is 23.6 Å². The van der Waals surface area contributed by atoms with Crippen LogP contribution in [0.3, 0.4) is 0 Å². The van der Waals surface area contributed by atoms with Gasteiger partial charge in [-0.25, -0.2) is 24.6 Å². The lowest BCUT2D eigenvalue weighted by atomic mass is 10.2. The third-order valence-corrected chi connectivity index (χ3v) is 9.33. The lowest BCUT2D eigenvalue weighted by Gasteiger charge is -2.27. The highest BCUT2D eigenvalue weighted by atomic mass is 16.6. The summed E-state index contributed by atoms with van der Waals surface area (Å²) in [6.07, 6.45) is 6.29. The first-order chi connectivity index (χ1) is 29.0. The number of hydrogen-bond donors (Lipinski definition) is 6. The van der Waals surface area contributed by atoms with Crippen LogP contribution in [0.15, 0.2) is 43.0 Å². The maximum atomic E-state index is 12.3. The molecule has 0 saturated carbocycles. The first-order valence-corrected chi connectivity index (χ1v) is 20.0. The van der Waals surface area contributed by atoms with Crippen LogP contribution in [0.1, 0.15) is 29.6 Å². The van der Waals surface area contributed by atoms with Crippen molar-refractivity contribution in [3.63, 3.8) is 0 Å². The number of piperazine rings is 1. The number of carbonyl (C=O) groups excluding carboxylic acids is 2. The zero-order valence-electron chi connectivity index (χ0n) is 33.2.